The van der Waals surface area contributed by atoms with Crippen molar-refractivity contribution in [3.8, 4) is 0 Å². The fourth-order valence-corrected chi connectivity index (χ4v) is 3.14. The van der Waals surface area contributed by atoms with Crippen LogP contribution < -0.4 is 5.32 Å². The third-order valence-electron chi connectivity index (χ3n) is 4.49. The minimum Gasteiger partial charge on any atom is -0.352 e. The second-order valence-electron chi connectivity index (χ2n) is 6.06. The molecule has 2 rings (SSSR count). The SMILES string of the molecule is CCCCC1CCC(C(=O)NCc2ccccc2)CC1. The summed E-state index contributed by atoms with van der Waals surface area (Å²) in [5, 5.41) is 3.09. The average Bonchev–Trinajstić information content (AvgIpc) is 2.52. The number of rotatable bonds is 6. The first-order chi connectivity index (χ1) is 9.79. The predicted molar refractivity (Wildman–Crippen MR) is 83.3 cm³/mol. The number of carbonyl (C=O) groups excluding carboxylic acids is 1. The van der Waals surface area contributed by atoms with Crippen LogP contribution in [0.4, 0.5) is 0 Å². The zero-order valence-corrected chi connectivity index (χ0v) is 12.6. The summed E-state index contributed by atoms with van der Waals surface area (Å²) in [5.74, 6) is 1.37. The summed E-state index contributed by atoms with van der Waals surface area (Å²) in [4.78, 5) is 12.2. The fraction of sp³-hybridized carbons (Fsp3) is 0.611. The van der Waals surface area contributed by atoms with Gasteiger partial charge in [0.05, 0.1) is 0 Å². The minimum atomic E-state index is 0.247. The Labute approximate surface area is 123 Å². The Balaban J connectivity index is 1.69. The molecule has 20 heavy (non-hydrogen) atoms. The number of hydrogen-bond donors (Lipinski definition) is 1. The highest BCUT2D eigenvalue weighted by atomic mass is 16.1. The highest BCUT2D eigenvalue weighted by Crippen LogP contribution is 2.31. The van der Waals surface area contributed by atoms with E-state index in [0.717, 1.165) is 18.8 Å². The molecule has 1 amide bonds. The van der Waals surface area contributed by atoms with E-state index in [-0.39, 0.29) is 11.8 Å². The molecule has 0 bridgehead atoms. The van der Waals surface area contributed by atoms with E-state index in [2.05, 4.69) is 24.4 Å². The Bertz CT molecular complexity index is 393. The molecule has 0 atom stereocenters. The summed E-state index contributed by atoms with van der Waals surface area (Å²) in [5.41, 5.74) is 1.18. The van der Waals surface area contributed by atoms with Crippen molar-refractivity contribution in [1.29, 1.82) is 0 Å². The zero-order chi connectivity index (χ0) is 14.2. The van der Waals surface area contributed by atoms with Crippen LogP contribution in [0.5, 0.6) is 0 Å². The van der Waals surface area contributed by atoms with Crippen molar-refractivity contribution in [2.75, 3.05) is 0 Å². The van der Waals surface area contributed by atoms with Gasteiger partial charge in [-0.05, 0) is 37.2 Å². The van der Waals surface area contributed by atoms with Crippen molar-refractivity contribution in [2.45, 2.75) is 58.4 Å². The highest BCUT2D eigenvalue weighted by Gasteiger charge is 2.25. The molecule has 1 fully saturated rings. The molecule has 2 nitrogen and oxygen atoms in total. The van der Waals surface area contributed by atoms with Crippen LogP contribution in [0.15, 0.2) is 30.3 Å². The van der Waals surface area contributed by atoms with Gasteiger partial charge in [0.15, 0.2) is 0 Å². The number of unbranched alkanes of at least 4 members (excludes halogenated alkanes) is 1. The molecule has 1 aromatic carbocycles. The number of nitrogens with one attached hydrogen (secondary N) is 1. The van der Waals surface area contributed by atoms with Gasteiger partial charge in [-0.15, -0.1) is 0 Å². The molecule has 0 spiro atoms. The summed E-state index contributed by atoms with van der Waals surface area (Å²) in [6.07, 6.45) is 8.62. The van der Waals surface area contributed by atoms with E-state index >= 15 is 0 Å². The number of hydrogen-bond acceptors (Lipinski definition) is 1. The van der Waals surface area contributed by atoms with E-state index in [9.17, 15) is 4.79 Å². The molecule has 0 radical (unpaired) electrons. The van der Waals surface area contributed by atoms with Crippen LogP contribution in [0.3, 0.4) is 0 Å². The maximum absolute atomic E-state index is 12.2. The fourth-order valence-electron chi connectivity index (χ4n) is 3.14. The third-order valence-corrected chi connectivity index (χ3v) is 4.49. The summed E-state index contributed by atoms with van der Waals surface area (Å²) in [6.45, 7) is 2.91. The lowest BCUT2D eigenvalue weighted by Crippen LogP contribution is -2.32. The first-order valence-corrected chi connectivity index (χ1v) is 8.11. The molecule has 2 heteroatoms. The summed E-state index contributed by atoms with van der Waals surface area (Å²) in [6, 6.07) is 10.1. The van der Waals surface area contributed by atoms with Crippen molar-refractivity contribution in [3.05, 3.63) is 35.9 Å². The Morgan fingerprint density at radius 2 is 1.85 bits per heavy atom. The predicted octanol–water partition coefficient (Wildman–Crippen LogP) is 4.30. The van der Waals surface area contributed by atoms with Crippen molar-refractivity contribution in [2.24, 2.45) is 11.8 Å². The van der Waals surface area contributed by atoms with Crippen molar-refractivity contribution in [3.63, 3.8) is 0 Å². The summed E-state index contributed by atoms with van der Waals surface area (Å²) in [7, 11) is 0. The Kier molecular flexibility index (Phi) is 6.10. The van der Waals surface area contributed by atoms with Gasteiger partial charge in [0, 0.05) is 12.5 Å². The molecule has 0 aliphatic heterocycles. The zero-order valence-electron chi connectivity index (χ0n) is 12.6. The minimum absolute atomic E-state index is 0.247. The standard InChI is InChI=1S/C18H27NO/c1-2-3-7-15-10-12-17(13-11-15)18(20)19-14-16-8-5-4-6-9-16/h4-6,8-9,15,17H,2-3,7,10-14H2,1H3,(H,19,20). The lowest BCUT2D eigenvalue weighted by molar-refractivity contribution is -0.126. The normalized spacial score (nSPS) is 22.4. The van der Waals surface area contributed by atoms with Crippen molar-refractivity contribution in [1.82, 2.24) is 5.32 Å². The summed E-state index contributed by atoms with van der Waals surface area (Å²) >= 11 is 0. The van der Waals surface area contributed by atoms with Crippen LogP contribution in [0.25, 0.3) is 0 Å². The third kappa shape index (κ3) is 4.66. The Morgan fingerprint density at radius 3 is 2.50 bits per heavy atom. The number of amides is 1. The quantitative estimate of drug-likeness (QED) is 0.822. The van der Waals surface area contributed by atoms with E-state index in [1.807, 2.05) is 18.2 Å². The first-order valence-electron chi connectivity index (χ1n) is 8.11. The number of benzene rings is 1. The van der Waals surface area contributed by atoms with Crippen molar-refractivity contribution < 1.29 is 4.79 Å². The van der Waals surface area contributed by atoms with Crippen molar-refractivity contribution >= 4 is 5.91 Å². The second-order valence-corrected chi connectivity index (χ2v) is 6.06. The molecule has 0 heterocycles. The lowest BCUT2D eigenvalue weighted by atomic mass is 9.79. The van der Waals surface area contributed by atoms with Crippen LogP contribution in [0, 0.1) is 11.8 Å². The van der Waals surface area contributed by atoms with Crippen LogP contribution >= 0.6 is 0 Å². The Morgan fingerprint density at radius 1 is 1.15 bits per heavy atom. The molecular weight excluding hydrogens is 246 g/mol. The van der Waals surface area contributed by atoms with E-state index in [1.54, 1.807) is 0 Å². The summed E-state index contributed by atoms with van der Waals surface area (Å²) < 4.78 is 0. The van der Waals surface area contributed by atoms with Gasteiger partial charge in [-0.3, -0.25) is 4.79 Å². The monoisotopic (exact) mass is 273 g/mol. The van der Waals surface area contributed by atoms with Gasteiger partial charge in [0.1, 0.15) is 0 Å². The van der Waals surface area contributed by atoms with Gasteiger partial charge < -0.3 is 5.32 Å². The lowest BCUT2D eigenvalue weighted by Gasteiger charge is -2.27. The van der Waals surface area contributed by atoms with E-state index < -0.39 is 0 Å². The van der Waals surface area contributed by atoms with Crippen LogP contribution in [-0.4, -0.2) is 5.91 Å². The van der Waals surface area contributed by atoms with Crippen LogP contribution in [-0.2, 0) is 11.3 Å². The first kappa shape index (κ1) is 15.1. The Hall–Kier alpha value is -1.31. The maximum Gasteiger partial charge on any atom is 0.223 e. The van der Waals surface area contributed by atoms with Crippen LogP contribution in [0.1, 0.15) is 57.4 Å². The molecule has 1 aliphatic carbocycles. The molecule has 110 valence electrons. The molecule has 1 aromatic rings. The molecule has 0 unspecified atom stereocenters. The number of carbonyl (C=O) groups is 1. The van der Waals surface area contributed by atoms with E-state index in [4.69, 9.17) is 0 Å². The van der Waals surface area contributed by atoms with Gasteiger partial charge in [-0.1, -0.05) is 56.5 Å². The van der Waals surface area contributed by atoms with Gasteiger partial charge >= 0.3 is 0 Å². The van der Waals surface area contributed by atoms with Crippen LogP contribution in [0.2, 0.25) is 0 Å². The second kappa shape index (κ2) is 8.08. The van der Waals surface area contributed by atoms with E-state index in [1.165, 1.54) is 37.7 Å². The van der Waals surface area contributed by atoms with Gasteiger partial charge in [0.25, 0.3) is 0 Å². The van der Waals surface area contributed by atoms with Gasteiger partial charge in [-0.25, -0.2) is 0 Å². The largest absolute Gasteiger partial charge is 0.352 e. The topological polar surface area (TPSA) is 29.1 Å². The highest BCUT2D eigenvalue weighted by molar-refractivity contribution is 5.78. The average molecular weight is 273 g/mol. The molecule has 1 saturated carbocycles. The maximum atomic E-state index is 12.2. The molecular formula is C18H27NO. The molecule has 1 aliphatic rings. The smallest absolute Gasteiger partial charge is 0.223 e. The molecule has 0 aromatic heterocycles. The molecule has 0 saturated heterocycles. The van der Waals surface area contributed by atoms with Gasteiger partial charge in [0.2, 0.25) is 5.91 Å². The molecule has 1 N–H and O–H groups in total. The van der Waals surface area contributed by atoms with Gasteiger partial charge in [-0.2, -0.15) is 0 Å². The van der Waals surface area contributed by atoms with E-state index in [0.29, 0.717) is 6.54 Å².